The second kappa shape index (κ2) is 8.05. The molecule has 3 unspecified atom stereocenters. The Labute approximate surface area is 183 Å². The number of pyridine rings is 1. The molecule has 1 N–H and O–H groups in total. The number of ether oxygens (including phenoxy) is 2. The molecule has 1 spiro atoms. The van der Waals surface area contributed by atoms with E-state index in [1.165, 1.54) is 0 Å². The second-order valence-electron chi connectivity index (χ2n) is 9.87. The molecule has 4 fully saturated rings. The van der Waals surface area contributed by atoms with Crippen LogP contribution in [0, 0.1) is 17.3 Å². The zero-order valence-electron chi connectivity index (χ0n) is 17.7. The predicted octanol–water partition coefficient (Wildman–Crippen LogP) is 2.56. The number of nitrogens with zero attached hydrogens (tertiary/aromatic N) is 2. The number of nitrogens with one attached hydrogen (secondary N) is 1. The van der Waals surface area contributed by atoms with Gasteiger partial charge in [0.15, 0.2) is 0 Å². The first-order valence-corrected chi connectivity index (χ1v) is 11.6. The lowest BCUT2D eigenvalue weighted by molar-refractivity contribution is -0.148. The monoisotopic (exact) mass is 433 g/mol. The molecule has 0 aromatic carbocycles. The van der Waals surface area contributed by atoms with Crippen LogP contribution in [0.5, 0.6) is 0 Å². The standard InChI is InChI=1S/C23H32ClN3O3/c1-22(24)9-19(22)21(28)27-14-23(15-27)13-25-10-17(23)11-30-12-18-3-2-4-20(26-18)16-5-7-29-8-6-16/h2-4,16-17,19,25H,5-15H2,1H3. The molecule has 1 aromatic rings. The van der Waals surface area contributed by atoms with E-state index in [1.54, 1.807) is 0 Å². The average molecular weight is 434 g/mol. The van der Waals surface area contributed by atoms with Gasteiger partial charge in [-0.1, -0.05) is 6.07 Å². The van der Waals surface area contributed by atoms with Crippen molar-refractivity contribution in [3.63, 3.8) is 0 Å². The van der Waals surface area contributed by atoms with E-state index in [9.17, 15) is 4.79 Å². The van der Waals surface area contributed by atoms with Gasteiger partial charge >= 0.3 is 0 Å². The van der Waals surface area contributed by atoms with Gasteiger partial charge in [0, 0.05) is 62.3 Å². The largest absolute Gasteiger partial charge is 0.381 e. The van der Waals surface area contributed by atoms with E-state index in [4.69, 9.17) is 26.1 Å². The first-order chi connectivity index (χ1) is 14.5. The van der Waals surface area contributed by atoms with Gasteiger partial charge in [-0.2, -0.15) is 0 Å². The summed E-state index contributed by atoms with van der Waals surface area (Å²) in [5.74, 6) is 1.18. The molecule has 3 atom stereocenters. The summed E-state index contributed by atoms with van der Waals surface area (Å²) in [4.78, 5) is 19.1. The third-order valence-corrected chi connectivity index (χ3v) is 7.98. The second-order valence-corrected chi connectivity index (χ2v) is 10.7. The molecule has 1 aromatic heterocycles. The summed E-state index contributed by atoms with van der Waals surface area (Å²) in [6.07, 6.45) is 2.90. The number of likely N-dealkylation sites (tertiary alicyclic amines) is 1. The topological polar surface area (TPSA) is 63.7 Å². The van der Waals surface area contributed by atoms with Crippen molar-refractivity contribution in [2.75, 3.05) is 46.0 Å². The minimum absolute atomic E-state index is 0.00894. The SMILES string of the molecule is CC1(Cl)CC1C(=O)N1CC2(CNCC2COCc2cccc(C3CCOCC3)n2)C1. The van der Waals surface area contributed by atoms with Gasteiger partial charge in [0.1, 0.15) is 0 Å². The molecular formula is C23H32ClN3O3. The normalized spacial score (nSPS) is 32.9. The maximum atomic E-state index is 12.6. The molecule has 3 aliphatic heterocycles. The summed E-state index contributed by atoms with van der Waals surface area (Å²) < 4.78 is 11.6. The number of hydrogen-bond donors (Lipinski definition) is 1. The Morgan fingerprint density at radius 1 is 1.37 bits per heavy atom. The third-order valence-electron chi connectivity index (χ3n) is 7.56. The van der Waals surface area contributed by atoms with Crippen LogP contribution in [-0.4, -0.2) is 66.7 Å². The summed E-state index contributed by atoms with van der Waals surface area (Å²) >= 11 is 6.30. The van der Waals surface area contributed by atoms with Crippen LogP contribution in [0.1, 0.15) is 43.5 Å². The number of aromatic nitrogens is 1. The van der Waals surface area contributed by atoms with Gasteiger partial charge < -0.3 is 19.7 Å². The van der Waals surface area contributed by atoms with Crippen LogP contribution >= 0.6 is 11.6 Å². The maximum absolute atomic E-state index is 12.6. The Bertz CT molecular complexity index is 790. The van der Waals surface area contributed by atoms with Crippen LogP contribution in [-0.2, 0) is 20.9 Å². The van der Waals surface area contributed by atoms with E-state index in [1.807, 2.05) is 17.9 Å². The Hall–Kier alpha value is -1.21. The van der Waals surface area contributed by atoms with Crippen LogP contribution in [0.25, 0.3) is 0 Å². The third kappa shape index (κ3) is 3.99. The lowest BCUT2D eigenvalue weighted by atomic mass is 9.71. The molecule has 1 saturated carbocycles. The van der Waals surface area contributed by atoms with Gasteiger partial charge in [0.2, 0.25) is 5.91 Å². The highest BCUT2D eigenvalue weighted by Crippen LogP contribution is 2.52. The Kier molecular flexibility index (Phi) is 5.55. The summed E-state index contributed by atoms with van der Waals surface area (Å²) in [7, 11) is 0. The number of rotatable bonds is 6. The number of carbonyl (C=O) groups excluding carboxylic acids is 1. The minimum atomic E-state index is -0.317. The highest BCUT2D eigenvalue weighted by molar-refractivity contribution is 6.28. The minimum Gasteiger partial charge on any atom is -0.381 e. The van der Waals surface area contributed by atoms with Crippen LogP contribution in [0.4, 0.5) is 0 Å². The molecule has 1 aliphatic carbocycles. The molecule has 6 nitrogen and oxygen atoms in total. The first kappa shape index (κ1) is 20.7. The maximum Gasteiger partial charge on any atom is 0.227 e. The van der Waals surface area contributed by atoms with Crippen molar-refractivity contribution in [3.8, 4) is 0 Å². The van der Waals surface area contributed by atoms with Crippen molar-refractivity contribution in [1.82, 2.24) is 15.2 Å². The quantitative estimate of drug-likeness (QED) is 0.698. The molecule has 30 heavy (non-hydrogen) atoms. The van der Waals surface area contributed by atoms with Gasteiger partial charge in [0.25, 0.3) is 0 Å². The molecule has 1 amide bonds. The Morgan fingerprint density at radius 3 is 2.87 bits per heavy atom. The average Bonchev–Trinajstić information content (AvgIpc) is 3.17. The predicted molar refractivity (Wildman–Crippen MR) is 114 cm³/mol. The molecule has 0 radical (unpaired) electrons. The van der Waals surface area contributed by atoms with Crippen molar-refractivity contribution in [1.29, 1.82) is 0 Å². The lowest BCUT2D eigenvalue weighted by Crippen LogP contribution is -2.63. The summed E-state index contributed by atoms with van der Waals surface area (Å²) in [5, 5.41) is 3.51. The zero-order chi connectivity index (χ0) is 20.8. The number of alkyl halides is 1. The molecule has 4 aliphatic rings. The molecule has 7 heteroatoms. The van der Waals surface area contributed by atoms with E-state index < -0.39 is 0 Å². The first-order valence-electron chi connectivity index (χ1n) is 11.3. The van der Waals surface area contributed by atoms with E-state index in [2.05, 4.69) is 17.4 Å². The van der Waals surface area contributed by atoms with E-state index >= 15 is 0 Å². The molecular weight excluding hydrogens is 402 g/mol. The summed E-state index contributed by atoms with van der Waals surface area (Å²) in [6, 6.07) is 6.27. The van der Waals surface area contributed by atoms with E-state index in [0.29, 0.717) is 25.0 Å². The number of hydrogen-bond acceptors (Lipinski definition) is 5. The Balaban J connectivity index is 1.11. The molecule has 4 heterocycles. The highest BCUT2D eigenvalue weighted by Gasteiger charge is 2.59. The smallest absolute Gasteiger partial charge is 0.227 e. The van der Waals surface area contributed by atoms with Crippen LogP contribution < -0.4 is 5.32 Å². The van der Waals surface area contributed by atoms with Crippen molar-refractivity contribution < 1.29 is 14.3 Å². The van der Waals surface area contributed by atoms with E-state index in [-0.39, 0.29) is 22.1 Å². The molecule has 3 saturated heterocycles. The van der Waals surface area contributed by atoms with Gasteiger partial charge in [-0.25, -0.2) is 0 Å². The Morgan fingerprint density at radius 2 is 2.13 bits per heavy atom. The van der Waals surface area contributed by atoms with Crippen LogP contribution in [0.2, 0.25) is 0 Å². The fourth-order valence-electron chi connectivity index (χ4n) is 5.34. The molecule has 0 bridgehead atoms. The van der Waals surface area contributed by atoms with Crippen LogP contribution in [0.3, 0.4) is 0 Å². The van der Waals surface area contributed by atoms with Gasteiger partial charge in [0.05, 0.1) is 29.7 Å². The molecule has 5 rings (SSSR count). The summed E-state index contributed by atoms with van der Waals surface area (Å²) in [6.45, 7) is 8.43. The van der Waals surface area contributed by atoms with Crippen molar-refractivity contribution >= 4 is 17.5 Å². The van der Waals surface area contributed by atoms with Crippen LogP contribution in [0.15, 0.2) is 18.2 Å². The van der Waals surface area contributed by atoms with Crippen molar-refractivity contribution in [2.24, 2.45) is 17.3 Å². The fourth-order valence-corrected chi connectivity index (χ4v) is 5.59. The number of amides is 1. The van der Waals surface area contributed by atoms with Gasteiger partial charge in [-0.3, -0.25) is 9.78 Å². The fraction of sp³-hybridized carbons (Fsp3) is 0.739. The van der Waals surface area contributed by atoms with Gasteiger partial charge in [-0.15, -0.1) is 11.6 Å². The molecule has 164 valence electrons. The van der Waals surface area contributed by atoms with Crippen molar-refractivity contribution in [2.45, 2.75) is 43.6 Å². The van der Waals surface area contributed by atoms with E-state index in [0.717, 1.165) is 70.0 Å². The number of carbonyl (C=O) groups is 1. The van der Waals surface area contributed by atoms with Gasteiger partial charge in [-0.05, 0) is 38.3 Å². The lowest BCUT2D eigenvalue weighted by Gasteiger charge is -2.51. The highest BCUT2D eigenvalue weighted by atomic mass is 35.5. The summed E-state index contributed by atoms with van der Waals surface area (Å²) in [5.41, 5.74) is 2.32. The number of halogens is 1. The van der Waals surface area contributed by atoms with Crippen molar-refractivity contribution in [3.05, 3.63) is 29.6 Å². The zero-order valence-corrected chi connectivity index (χ0v) is 18.5.